The molecule has 2 amide bonds. The number of carboxylic acids is 1. The molecule has 0 aliphatic carbocycles. The van der Waals surface area contributed by atoms with Crippen LogP contribution < -0.4 is 15.5 Å². The van der Waals surface area contributed by atoms with E-state index in [2.05, 4.69) is 15.5 Å². The minimum atomic E-state index is -0.941. The zero-order chi connectivity index (χ0) is 28.1. The molecule has 1 aliphatic rings. The quantitative estimate of drug-likeness (QED) is 0.302. The van der Waals surface area contributed by atoms with E-state index in [0.29, 0.717) is 50.9 Å². The number of amides is 2. The smallest absolute Gasteiger partial charge is 0.307 e. The molecule has 4 rings (SSSR count). The number of carbonyl (C=O) groups is 3. The van der Waals surface area contributed by atoms with Gasteiger partial charge in [0.2, 0.25) is 5.91 Å². The number of anilines is 3. The van der Waals surface area contributed by atoms with E-state index in [1.54, 1.807) is 48.2 Å². The number of fused-ring (bicyclic) bond motifs is 1. The van der Waals surface area contributed by atoms with Gasteiger partial charge in [-0.2, -0.15) is 0 Å². The van der Waals surface area contributed by atoms with Crippen molar-refractivity contribution in [2.45, 2.75) is 19.8 Å². The molecule has 0 atom stereocenters. The molecule has 0 aromatic heterocycles. The van der Waals surface area contributed by atoms with Gasteiger partial charge in [0.25, 0.3) is 5.91 Å². The molecule has 9 heteroatoms. The Morgan fingerprint density at radius 1 is 1.00 bits per heavy atom. The van der Waals surface area contributed by atoms with Gasteiger partial charge < -0.3 is 25.5 Å². The summed E-state index contributed by atoms with van der Waals surface area (Å²) < 4.78 is 0. The maximum Gasteiger partial charge on any atom is 0.307 e. The predicted molar refractivity (Wildman–Crippen MR) is 156 cm³/mol. The number of carbonyl (C=O) groups excluding carboxylic acids is 2. The number of nitrogens with one attached hydrogen (secondary N) is 2. The van der Waals surface area contributed by atoms with Crippen LogP contribution >= 0.6 is 11.6 Å². The lowest BCUT2D eigenvalue weighted by Gasteiger charge is -2.23. The lowest BCUT2D eigenvalue weighted by molar-refractivity contribution is -0.136. The van der Waals surface area contributed by atoms with Gasteiger partial charge in [-0.25, -0.2) is 0 Å². The van der Waals surface area contributed by atoms with E-state index in [0.717, 1.165) is 18.7 Å². The van der Waals surface area contributed by atoms with Crippen LogP contribution in [0.5, 0.6) is 0 Å². The van der Waals surface area contributed by atoms with E-state index in [1.807, 2.05) is 44.4 Å². The Labute approximate surface area is 232 Å². The van der Waals surface area contributed by atoms with Gasteiger partial charge in [-0.15, -0.1) is 0 Å². The molecule has 8 nitrogen and oxygen atoms in total. The maximum atomic E-state index is 13.2. The Kier molecular flexibility index (Phi) is 8.69. The molecule has 3 aromatic rings. The summed E-state index contributed by atoms with van der Waals surface area (Å²) in [5.41, 5.74) is 5.01. The van der Waals surface area contributed by atoms with E-state index in [9.17, 15) is 19.5 Å². The van der Waals surface area contributed by atoms with Gasteiger partial charge in [-0.05, 0) is 80.7 Å². The minimum Gasteiger partial charge on any atom is -0.481 e. The SMILES string of the molecule is CC(=O)N(CCCN(C)C)c1ccc(NC(=C2C(=O)Nc3cc(Cl)ccc32)c2cccc(CC(=O)O)c2)cc1. The predicted octanol–water partition coefficient (Wildman–Crippen LogP) is 5.20. The van der Waals surface area contributed by atoms with Crippen molar-refractivity contribution in [3.05, 3.63) is 88.4 Å². The third-order valence-electron chi connectivity index (χ3n) is 6.36. The summed E-state index contributed by atoms with van der Waals surface area (Å²) in [5.74, 6) is -1.27. The van der Waals surface area contributed by atoms with Gasteiger partial charge in [-0.3, -0.25) is 14.4 Å². The maximum absolute atomic E-state index is 13.2. The average Bonchev–Trinajstić information content (AvgIpc) is 3.19. The molecule has 3 aromatic carbocycles. The van der Waals surface area contributed by atoms with Crippen LogP contribution in [0, 0.1) is 0 Å². The van der Waals surface area contributed by atoms with Gasteiger partial charge in [0.15, 0.2) is 0 Å². The normalized spacial score (nSPS) is 13.6. The highest BCUT2D eigenvalue weighted by molar-refractivity contribution is 6.38. The van der Waals surface area contributed by atoms with Gasteiger partial charge in [0.05, 0.1) is 23.4 Å². The van der Waals surface area contributed by atoms with Crippen LogP contribution in [0.3, 0.4) is 0 Å². The average molecular weight is 547 g/mol. The Morgan fingerprint density at radius 3 is 2.41 bits per heavy atom. The molecule has 39 heavy (non-hydrogen) atoms. The Morgan fingerprint density at radius 2 is 1.74 bits per heavy atom. The fraction of sp³-hybridized carbons (Fsp3) is 0.233. The van der Waals surface area contributed by atoms with Crippen LogP contribution in [0.2, 0.25) is 5.02 Å². The topological polar surface area (TPSA) is 102 Å². The third-order valence-corrected chi connectivity index (χ3v) is 6.60. The van der Waals surface area contributed by atoms with Gasteiger partial charge in [-0.1, -0.05) is 35.9 Å². The van der Waals surface area contributed by atoms with E-state index in [4.69, 9.17) is 11.6 Å². The second-order valence-electron chi connectivity index (χ2n) is 9.66. The number of carboxylic acid groups (broad SMARTS) is 1. The molecule has 0 saturated carbocycles. The highest BCUT2D eigenvalue weighted by Crippen LogP contribution is 2.39. The number of benzene rings is 3. The molecular weight excluding hydrogens is 516 g/mol. The van der Waals surface area contributed by atoms with Crippen molar-refractivity contribution in [1.82, 2.24) is 4.90 Å². The zero-order valence-electron chi connectivity index (χ0n) is 22.1. The van der Waals surface area contributed by atoms with Crippen molar-refractivity contribution in [3.63, 3.8) is 0 Å². The molecule has 0 saturated heterocycles. The second kappa shape index (κ2) is 12.1. The van der Waals surface area contributed by atoms with Crippen LogP contribution in [0.4, 0.5) is 17.1 Å². The lowest BCUT2D eigenvalue weighted by atomic mass is 9.98. The van der Waals surface area contributed by atoms with Crippen LogP contribution in [0.25, 0.3) is 11.3 Å². The standard InChI is InChI=1S/C30H31ClN4O4/c1-19(36)35(15-5-14-34(2)3)24-11-9-23(10-12-24)32-29(21-7-4-6-20(16-21)17-27(37)38)28-25-13-8-22(31)18-26(25)33-30(28)39/h4,6-13,16,18,32H,5,14-15,17H2,1-3H3,(H,33,39)(H,37,38). The highest BCUT2D eigenvalue weighted by atomic mass is 35.5. The summed E-state index contributed by atoms with van der Waals surface area (Å²) in [6.07, 6.45) is 0.701. The summed E-state index contributed by atoms with van der Waals surface area (Å²) in [6.45, 7) is 3.03. The van der Waals surface area contributed by atoms with E-state index < -0.39 is 5.97 Å². The number of halogens is 1. The van der Waals surface area contributed by atoms with E-state index in [1.165, 1.54) is 0 Å². The van der Waals surface area contributed by atoms with Crippen molar-refractivity contribution in [2.24, 2.45) is 0 Å². The van der Waals surface area contributed by atoms with Crippen LogP contribution in [-0.2, 0) is 20.8 Å². The summed E-state index contributed by atoms with van der Waals surface area (Å²) in [6, 6.07) is 19.8. The number of aliphatic carboxylic acids is 1. The molecular formula is C30H31ClN4O4. The number of hydrogen-bond acceptors (Lipinski definition) is 5. The fourth-order valence-electron chi connectivity index (χ4n) is 4.57. The summed E-state index contributed by atoms with van der Waals surface area (Å²) in [7, 11) is 4.00. The molecule has 0 unspecified atom stereocenters. The fourth-order valence-corrected chi connectivity index (χ4v) is 4.74. The number of nitrogens with zero attached hydrogens (tertiary/aromatic N) is 2. The van der Waals surface area contributed by atoms with Crippen molar-refractivity contribution in [1.29, 1.82) is 0 Å². The molecule has 202 valence electrons. The van der Waals surface area contributed by atoms with Crippen molar-refractivity contribution >= 4 is 57.7 Å². The summed E-state index contributed by atoms with van der Waals surface area (Å²) in [5, 5.41) is 16.1. The first kappa shape index (κ1) is 27.9. The number of rotatable bonds is 10. The van der Waals surface area contributed by atoms with Crippen LogP contribution in [0.1, 0.15) is 30.0 Å². The van der Waals surface area contributed by atoms with Crippen LogP contribution in [0.15, 0.2) is 66.7 Å². The van der Waals surface area contributed by atoms with Crippen molar-refractivity contribution < 1.29 is 19.5 Å². The first-order valence-electron chi connectivity index (χ1n) is 12.6. The number of hydrogen-bond donors (Lipinski definition) is 3. The molecule has 0 fully saturated rings. The molecule has 1 aliphatic heterocycles. The Hall–Kier alpha value is -4.14. The molecule has 1 heterocycles. The Balaban J connectivity index is 1.72. The molecule has 0 spiro atoms. The third kappa shape index (κ3) is 6.85. The molecule has 0 radical (unpaired) electrons. The van der Waals surface area contributed by atoms with Crippen molar-refractivity contribution in [2.75, 3.05) is 42.7 Å². The van der Waals surface area contributed by atoms with Gasteiger partial charge in [0.1, 0.15) is 0 Å². The molecule has 0 bridgehead atoms. The van der Waals surface area contributed by atoms with Gasteiger partial charge in [0, 0.05) is 35.4 Å². The first-order chi connectivity index (χ1) is 18.6. The summed E-state index contributed by atoms with van der Waals surface area (Å²) in [4.78, 5) is 40.7. The largest absolute Gasteiger partial charge is 0.481 e. The monoisotopic (exact) mass is 546 g/mol. The Bertz CT molecular complexity index is 1430. The highest BCUT2D eigenvalue weighted by Gasteiger charge is 2.29. The van der Waals surface area contributed by atoms with Crippen molar-refractivity contribution in [3.8, 4) is 0 Å². The lowest BCUT2D eigenvalue weighted by Crippen LogP contribution is -2.31. The molecule has 3 N–H and O–H groups in total. The van der Waals surface area contributed by atoms with Gasteiger partial charge >= 0.3 is 5.97 Å². The second-order valence-corrected chi connectivity index (χ2v) is 10.1. The van der Waals surface area contributed by atoms with E-state index in [-0.39, 0.29) is 18.2 Å². The first-order valence-corrected chi connectivity index (χ1v) is 13.0. The zero-order valence-corrected chi connectivity index (χ0v) is 22.9. The summed E-state index contributed by atoms with van der Waals surface area (Å²) >= 11 is 6.16. The van der Waals surface area contributed by atoms with Crippen LogP contribution in [-0.4, -0.2) is 55.0 Å². The van der Waals surface area contributed by atoms with E-state index >= 15 is 0 Å². The minimum absolute atomic E-state index is 0.0367.